The lowest BCUT2D eigenvalue weighted by molar-refractivity contribution is -0.310. The quantitative estimate of drug-likeness (QED) is 0.106. The number of methoxy groups -OCH3 is 2. The third-order valence-electron chi connectivity index (χ3n) is 8.54. The first-order valence-corrected chi connectivity index (χ1v) is 17.0. The molecule has 0 unspecified atom stereocenters. The lowest BCUT2D eigenvalue weighted by Gasteiger charge is -2.45. The highest BCUT2D eigenvalue weighted by atomic mass is 16.7. The van der Waals surface area contributed by atoms with E-state index < -0.39 is 30.7 Å². The molecule has 0 radical (unpaired) electrons. The molecule has 5 aromatic rings. The summed E-state index contributed by atoms with van der Waals surface area (Å²) in [6, 6.07) is 42.7. The second kappa shape index (κ2) is 18.4. The van der Waals surface area contributed by atoms with Gasteiger partial charge in [0.1, 0.15) is 30.2 Å². The van der Waals surface area contributed by atoms with Crippen molar-refractivity contribution in [3.8, 4) is 23.0 Å². The number of phenols is 1. The van der Waals surface area contributed by atoms with Crippen molar-refractivity contribution in [2.75, 3.05) is 20.8 Å². The highest BCUT2D eigenvalue weighted by Gasteiger charge is 2.50. The summed E-state index contributed by atoms with van der Waals surface area (Å²) in [4.78, 5) is 0. The minimum atomic E-state index is -1.08. The van der Waals surface area contributed by atoms with Crippen molar-refractivity contribution < 1.29 is 43.0 Å². The van der Waals surface area contributed by atoms with Gasteiger partial charge in [-0.15, -0.1) is 0 Å². The Morgan fingerprint density at radius 1 is 0.549 bits per heavy atom. The average Bonchev–Trinajstić information content (AvgIpc) is 3.18. The fourth-order valence-corrected chi connectivity index (χ4v) is 5.91. The maximum Gasteiger partial charge on any atom is 0.229 e. The van der Waals surface area contributed by atoms with Crippen molar-refractivity contribution in [1.82, 2.24) is 0 Å². The summed E-state index contributed by atoms with van der Waals surface area (Å²) in [5.74, 6) is 0.561. The fourth-order valence-electron chi connectivity index (χ4n) is 5.91. The van der Waals surface area contributed by atoms with E-state index in [0.29, 0.717) is 19.0 Å². The van der Waals surface area contributed by atoms with Gasteiger partial charge in [0.25, 0.3) is 0 Å². The predicted molar refractivity (Wildman–Crippen MR) is 192 cm³/mol. The molecule has 9 heteroatoms. The van der Waals surface area contributed by atoms with E-state index in [2.05, 4.69) is 0 Å². The smallest absolute Gasteiger partial charge is 0.229 e. The Hall–Kier alpha value is -4.90. The standard InChI is InChI=1S/C42H44O9/c1-44-34-23-35(43)38(36(24-34)45-2)51-42-41(49-28-33-21-13-6-14-22-33)40(48-27-32-19-11-5-12-20-32)39(47-26-31-17-9-4-10-18-31)37(50-42)29-46-25-30-15-7-3-8-16-30/h3-24,37,39-43H,25-29H2,1-2H3/t37-,39-,40+,41+,42+/m1/s1. The lowest BCUT2D eigenvalue weighted by atomic mass is 9.97. The van der Waals surface area contributed by atoms with Crippen LogP contribution in [0.3, 0.4) is 0 Å². The molecule has 1 aliphatic heterocycles. The van der Waals surface area contributed by atoms with Gasteiger partial charge in [-0.1, -0.05) is 121 Å². The van der Waals surface area contributed by atoms with Gasteiger partial charge in [0, 0.05) is 12.1 Å². The Morgan fingerprint density at radius 3 is 1.51 bits per heavy atom. The minimum absolute atomic E-state index is 0.0750. The second-order valence-corrected chi connectivity index (χ2v) is 12.1. The number of hydrogen-bond donors (Lipinski definition) is 1. The van der Waals surface area contributed by atoms with E-state index in [1.807, 2.05) is 121 Å². The van der Waals surface area contributed by atoms with Crippen LogP contribution in [-0.2, 0) is 50.1 Å². The van der Waals surface area contributed by atoms with Crippen molar-refractivity contribution in [1.29, 1.82) is 0 Å². The molecular formula is C42H44O9. The van der Waals surface area contributed by atoms with Gasteiger partial charge >= 0.3 is 0 Å². The first-order chi connectivity index (χ1) is 25.1. The van der Waals surface area contributed by atoms with Crippen LogP contribution in [0.5, 0.6) is 23.0 Å². The molecule has 51 heavy (non-hydrogen) atoms. The van der Waals surface area contributed by atoms with Gasteiger partial charge in [0.15, 0.2) is 11.5 Å². The SMILES string of the molecule is COc1cc(O)c(O[C@@H]2O[C@H](COCc3ccccc3)[C@@H](OCc3ccccc3)[C@H](OCc3ccccc3)[C@@H]2OCc2ccccc2)c(OC)c1. The fraction of sp³-hybridized carbons (Fsp3) is 0.286. The van der Waals surface area contributed by atoms with E-state index >= 15 is 0 Å². The number of hydrogen-bond acceptors (Lipinski definition) is 9. The van der Waals surface area contributed by atoms with Crippen LogP contribution in [0.4, 0.5) is 0 Å². The third kappa shape index (κ3) is 9.88. The zero-order valence-electron chi connectivity index (χ0n) is 28.8. The molecule has 0 bridgehead atoms. The van der Waals surface area contributed by atoms with Crippen molar-refractivity contribution in [3.63, 3.8) is 0 Å². The Kier molecular flexibility index (Phi) is 12.9. The molecule has 0 spiro atoms. The minimum Gasteiger partial charge on any atom is -0.504 e. The van der Waals surface area contributed by atoms with Crippen LogP contribution >= 0.6 is 0 Å². The first kappa shape index (κ1) is 35.9. The van der Waals surface area contributed by atoms with Crippen LogP contribution in [0, 0.1) is 0 Å². The molecule has 5 aromatic carbocycles. The molecule has 0 amide bonds. The Bertz CT molecular complexity index is 1740. The second-order valence-electron chi connectivity index (χ2n) is 12.1. The van der Waals surface area contributed by atoms with Crippen LogP contribution in [0.15, 0.2) is 133 Å². The monoisotopic (exact) mass is 692 g/mol. The Morgan fingerprint density at radius 2 is 1.02 bits per heavy atom. The zero-order valence-corrected chi connectivity index (χ0v) is 28.8. The van der Waals surface area contributed by atoms with Crippen molar-refractivity contribution in [3.05, 3.63) is 156 Å². The highest BCUT2D eigenvalue weighted by Crippen LogP contribution is 2.43. The number of rotatable bonds is 17. The summed E-state index contributed by atoms with van der Waals surface area (Å²) in [6.45, 7) is 1.36. The lowest BCUT2D eigenvalue weighted by Crippen LogP contribution is -2.62. The van der Waals surface area contributed by atoms with E-state index in [9.17, 15) is 5.11 Å². The van der Waals surface area contributed by atoms with E-state index in [-0.39, 0.29) is 37.1 Å². The molecule has 1 aliphatic rings. The maximum absolute atomic E-state index is 11.1. The summed E-state index contributed by atoms with van der Waals surface area (Å²) in [6.07, 6.45) is -3.91. The van der Waals surface area contributed by atoms with Gasteiger partial charge < -0.3 is 43.0 Å². The van der Waals surface area contributed by atoms with Gasteiger partial charge in [0.2, 0.25) is 12.0 Å². The third-order valence-corrected chi connectivity index (χ3v) is 8.54. The summed E-state index contributed by atoms with van der Waals surface area (Å²) < 4.78 is 50.7. The van der Waals surface area contributed by atoms with E-state index in [1.54, 1.807) is 6.07 Å². The molecule has 0 saturated carbocycles. The van der Waals surface area contributed by atoms with Crippen LogP contribution < -0.4 is 14.2 Å². The maximum atomic E-state index is 11.1. The molecule has 9 nitrogen and oxygen atoms in total. The summed E-state index contributed by atoms with van der Waals surface area (Å²) in [5, 5.41) is 11.1. The number of aromatic hydroxyl groups is 1. The zero-order chi connectivity index (χ0) is 35.3. The number of phenolic OH excluding ortho intramolecular Hbond substituents is 1. The van der Waals surface area contributed by atoms with Crippen LogP contribution in [-0.4, -0.2) is 56.6 Å². The Balaban J connectivity index is 1.37. The molecule has 0 aromatic heterocycles. The van der Waals surface area contributed by atoms with Crippen LogP contribution in [0.1, 0.15) is 22.3 Å². The molecular weight excluding hydrogens is 648 g/mol. The molecule has 1 heterocycles. The largest absolute Gasteiger partial charge is 0.504 e. The summed E-state index contributed by atoms with van der Waals surface area (Å²) in [5.41, 5.74) is 3.96. The molecule has 1 saturated heterocycles. The topological polar surface area (TPSA) is 94.1 Å². The van der Waals surface area contributed by atoms with E-state index in [4.69, 9.17) is 37.9 Å². The normalized spacial score (nSPS) is 20.1. The van der Waals surface area contributed by atoms with Crippen LogP contribution in [0.2, 0.25) is 0 Å². The molecule has 266 valence electrons. The Labute approximate surface area is 299 Å². The van der Waals surface area contributed by atoms with Gasteiger partial charge in [-0.3, -0.25) is 0 Å². The molecule has 1 fully saturated rings. The highest BCUT2D eigenvalue weighted by molar-refractivity contribution is 5.55. The van der Waals surface area contributed by atoms with E-state index in [0.717, 1.165) is 22.3 Å². The number of benzene rings is 5. The summed E-state index contributed by atoms with van der Waals surface area (Å²) in [7, 11) is 3.00. The van der Waals surface area contributed by atoms with Gasteiger partial charge in [-0.25, -0.2) is 0 Å². The molecule has 0 aliphatic carbocycles. The van der Waals surface area contributed by atoms with Gasteiger partial charge in [0.05, 0.1) is 47.3 Å². The average molecular weight is 693 g/mol. The molecule has 6 rings (SSSR count). The van der Waals surface area contributed by atoms with Crippen molar-refractivity contribution in [2.45, 2.75) is 57.1 Å². The van der Waals surface area contributed by atoms with Crippen molar-refractivity contribution in [2.24, 2.45) is 0 Å². The van der Waals surface area contributed by atoms with Crippen LogP contribution in [0.25, 0.3) is 0 Å². The molecule has 5 atom stereocenters. The summed E-state index contributed by atoms with van der Waals surface area (Å²) >= 11 is 0. The van der Waals surface area contributed by atoms with Gasteiger partial charge in [-0.05, 0) is 22.3 Å². The first-order valence-electron chi connectivity index (χ1n) is 17.0. The van der Waals surface area contributed by atoms with E-state index in [1.165, 1.54) is 20.3 Å². The molecule has 1 N–H and O–H groups in total. The number of ether oxygens (including phenoxy) is 8. The van der Waals surface area contributed by atoms with Crippen molar-refractivity contribution >= 4 is 0 Å². The predicted octanol–water partition coefficient (Wildman–Crippen LogP) is 7.49. The van der Waals surface area contributed by atoms with Gasteiger partial charge in [-0.2, -0.15) is 0 Å².